The van der Waals surface area contributed by atoms with Gasteiger partial charge in [-0.05, 0) is 39.3 Å². The molecule has 0 amide bonds. The Morgan fingerprint density at radius 3 is 2.45 bits per heavy atom. The number of rotatable bonds is 5. The number of thiazole rings is 1. The van der Waals surface area contributed by atoms with E-state index in [1.807, 2.05) is 11.3 Å². The highest BCUT2D eigenvalue weighted by Crippen LogP contribution is 2.51. The van der Waals surface area contributed by atoms with Crippen LogP contribution in [0.15, 0.2) is 30.3 Å². The minimum atomic E-state index is 0.323. The van der Waals surface area contributed by atoms with Gasteiger partial charge in [0, 0.05) is 22.8 Å². The van der Waals surface area contributed by atoms with E-state index in [0.717, 1.165) is 6.42 Å². The third-order valence-electron chi connectivity index (χ3n) is 4.60. The molecule has 0 aliphatic heterocycles. The van der Waals surface area contributed by atoms with Gasteiger partial charge in [-0.15, -0.1) is 11.3 Å². The summed E-state index contributed by atoms with van der Waals surface area (Å²) < 4.78 is 0. The van der Waals surface area contributed by atoms with Gasteiger partial charge >= 0.3 is 0 Å². The molecule has 2 aromatic rings. The fourth-order valence-electron chi connectivity index (χ4n) is 3.12. The monoisotopic (exact) mass is 286 g/mol. The summed E-state index contributed by atoms with van der Waals surface area (Å²) in [5.41, 5.74) is 2.98. The van der Waals surface area contributed by atoms with E-state index in [1.165, 1.54) is 34.0 Å². The van der Waals surface area contributed by atoms with Crippen LogP contribution in [0.5, 0.6) is 0 Å². The molecule has 1 atom stereocenters. The molecule has 1 fully saturated rings. The van der Waals surface area contributed by atoms with Crippen LogP contribution in [0.2, 0.25) is 0 Å². The lowest BCUT2D eigenvalue weighted by Gasteiger charge is -2.26. The van der Waals surface area contributed by atoms with Crippen molar-refractivity contribution >= 4 is 11.3 Å². The summed E-state index contributed by atoms with van der Waals surface area (Å²) in [6, 6.07) is 11.4. The van der Waals surface area contributed by atoms with Crippen molar-refractivity contribution in [3.63, 3.8) is 0 Å². The molecule has 1 aromatic heterocycles. The summed E-state index contributed by atoms with van der Waals surface area (Å²) >= 11 is 1.85. The summed E-state index contributed by atoms with van der Waals surface area (Å²) in [4.78, 5) is 6.06. The van der Waals surface area contributed by atoms with Gasteiger partial charge in [0.2, 0.25) is 0 Å². The first-order valence-corrected chi connectivity index (χ1v) is 8.13. The Morgan fingerprint density at radius 2 is 1.95 bits per heavy atom. The van der Waals surface area contributed by atoms with Crippen LogP contribution in [-0.4, -0.2) is 18.1 Å². The minimum Gasteiger partial charge on any atom is -0.316 e. The smallest absolute Gasteiger partial charge is 0.0946 e. The molecular weight excluding hydrogens is 264 g/mol. The lowest BCUT2D eigenvalue weighted by molar-refractivity contribution is 0.442. The quantitative estimate of drug-likeness (QED) is 0.908. The second kappa shape index (κ2) is 5.30. The van der Waals surface area contributed by atoms with E-state index in [9.17, 15) is 0 Å². The van der Waals surface area contributed by atoms with Crippen LogP contribution in [0.4, 0.5) is 0 Å². The Hall–Kier alpha value is -1.19. The van der Waals surface area contributed by atoms with E-state index >= 15 is 0 Å². The van der Waals surface area contributed by atoms with E-state index in [1.54, 1.807) is 0 Å². The lowest BCUT2D eigenvalue weighted by atomic mass is 9.86. The molecule has 2 nitrogen and oxygen atoms in total. The Balaban J connectivity index is 1.83. The van der Waals surface area contributed by atoms with Crippen LogP contribution >= 0.6 is 11.3 Å². The van der Waals surface area contributed by atoms with Gasteiger partial charge in [0.15, 0.2) is 0 Å². The van der Waals surface area contributed by atoms with Gasteiger partial charge in [-0.3, -0.25) is 0 Å². The average molecular weight is 286 g/mol. The molecule has 0 spiro atoms. The maximum atomic E-state index is 4.71. The Morgan fingerprint density at radius 1 is 1.25 bits per heavy atom. The normalized spacial score (nSPS) is 17.9. The third kappa shape index (κ3) is 2.40. The van der Waals surface area contributed by atoms with Gasteiger partial charge in [0.1, 0.15) is 0 Å². The standard InChI is InChI=1S/C17H22N2S/c1-12-13(2)20-16(19-12)11-15(18-3)17(9-10-17)14-7-5-4-6-8-14/h4-8,15,18H,9-11H2,1-3H3. The molecule has 20 heavy (non-hydrogen) atoms. The second-order valence-corrected chi connectivity index (χ2v) is 7.10. The predicted octanol–water partition coefficient (Wildman–Crippen LogP) is 3.62. The van der Waals surface area contributed by atoms with Crippen LogP contribution < -0.4 is 5.32 Å². The molecule has 0 radical (unpaired) electrons. The zero-order valence-corrected chi connectivity index (χ0v) is 13.3. The van der Waals surface area contributed by atoms with Gasteiger partial charge in [0.05, 0.1) is 10.7 Å². The van der Waals surface area contributed by atoms with Crippen molar-refractivity contribution in [2.75, 3.05) is 7.05 Å². The van der Waals surface area contributed by atoms with Crippen molar-refractivity contribution in [1.29, 1.82) is 0 Å². The summed E-state index contributed by atoms with van der Waals surface area (Å²) in [5.74, 6) is 0. The van der Waals surface area contributed by atoms with Crippen LogP contribution in [-0.2, 0) is 11.8 Å². The number of hydrogen-bond acceptors (Lipinski definition) is 3. The lowest BCUT2D eigenvalue weighted by Crippen LogP contribution is -2.39. The van der Waals surface area contributed by atoms with Crippen LogP contribution in [0.1, 0.15) is 34.0 Å². The number of nitrogens with zero attached hydrogens (tertiary/aromatic N) is 1. The van der Waals surface area contributed by atoms with E-state index in [4.69, 9.17) is 4.98 Å². The molecule has 106 valence electrons. The van der Waals surface area contributed by atoms with Crippen molar-refractivity contribution in [3.8, 4) is 0 Å². The fourth-order valence-corrected chi connectivity index (χ4v) is 4.10. The molecule has 0 saturated heterocycles. The number of aryl methyl sites for hydroxylation is 2. The number of likely N-dealkylation sites (N-methyl/N-ethyl adjacent to an activating group) is 1. The number of aromatic nitrogens is 1. The zero-order valence-electron chi connectivity index (χ0n) is 12.4. The Labute approximate surface area is 125 Å². The maximum Gasteiger partial charge on any atom is 0.0946 e. The number of nitrogens with one attached hydrogen (secondary N) is 1. The SMILES string of the molecule is CNC(Cc1nc(C)c(C)s1)C1(c2ccccc2)CC1. The van der Waals surface area contributed by atoms with Crippen molar-refractivity contribution in [2.45, 2.75) is 44.6 Å². The molecule has 1 aromatic carbocycles. The van der Waals surface area contributed by atoms with Crippen molar-refractivity contribution < 1.29 is 0 Å². The van der Waals surface area contributed by atoms with E-state index in [-0.39, 0.29) is 0 Å². The Bertz CT molecular complexity index is 565. The maximum absolute atomic E-state index is 4.71. The average Bonchev–Trinajstić information content (AvgIpc) is 3.21. The van der Waals surface area contributed by atoms with E-state index in [2.05, 4.69) is 56.5 Å². The largest absolute Gasteiger partial charge is 0.316 e. The predicted molar refractivity (Wildman–Crippen MR) is 85.5 cm³/mol. The minimum absolute atomic E-state index is 0.323. The van der Waals surface area contributed by atoms with Crippen LogP contribution in [0, 0.1) is 13.8 Å². The van der Waals surface area contributed by atoms with Crippen LogP contribution in [0.3, 0.4) is 0 Å². The summed E-state index contributed by atoms with van der Waals surface area (Å²) in [7, 11) is 2.08. The molecular formula is C17H22N2S. The summed E-state index contributed by atoms with van der Waals surface area (Å²) in [6.45, 7) is 4.27. The molecule has 1 saturated carbocycles. The first-order chi connectivity index (χ1) is 9.65. The van der Waals surface area contributed by atoms with Gasteiger partial charge in [-0.25, -0.2) is 4.98 Å². The van der Waals surface area contributed by atoms with E-state index in [0.29, 0.717) is 11.5 Å². The molecule has 3 rings (SSSR count). The van der Waals surface area contributed by atoms with Gasteiger partial charge in [-0.1, -0.05) is 30.3 Å². The van der Waals surface area contributed by atoms with Crippen molar-refractivity contribution in [1.82, 2.24) is 10.3 Å². The van der Waals surface area contributed by atoms with Gasteiger partial charge in [0.25, 0.3) is 0 Å². The fraction of sp³-hybridized carbons (Fsp3) is 0.471. The first-order valence-electron chi connectivity index (χ1n) is 7.31. The zero-order chi connectivity index (χ0) is 14.2. The first kappa shape index (κ1) is 13.8. The Kier molecular flexibility index (Phi) is 3.65. The molecule has 1 heterocycles. The molecule has 3 heteroatoms. The molecule has 1 unspecified atom stereocenters. The number of benzene rings is 1. The molecule has 0 bridgehead atoms. The third-order valence-corrected chi connectivity index (χ3v) is 5.70. The highest BCUT2D eigenvalue weighted by molar-refractivity contribution is 7.11. The van der Waals surface area contributed by atoms with Crippen molar-refractivity contribution in [2.24, 2.45) is 0 Å². The molecule has 1 aliphatic carbocycles. The summed E-state index contributed by atoms with van der Waals surface area (Å²) in [6.07, 6.45) is 3.60. The highest BCUT2D eigenvalue weighted by atomic mass is 32.1. The topological polar surface area (TPSA) is 24.9 Å². The van der Waals surface area contributed by atoms with Crippen molar-refractivity contribution in [3.05, 3.63) is 51.5 Å². The molecule has 1 N–H and O–H groups in total. The highest BCUT2D eigenvalue weighted by Gasteiger charge is 2.50. The molecule has 1 aliphatic rings. The second-order valence-electron chi connectivity index (χ2n) is 5.82. The van der Waals surface area contributed by atoms with E-state index < -0.39 is 0 Å². The number of hydrogen-bond donors (Lipinski definition) is 1. The van der Waals surface area contributed by atoms with Crippen LogP contribution in [0.25, 0.3) is 0 Å². The summed E-state index contributed by atoms with van der Waals surface area (Å²) in [5, 5.41) is 4.81. The van der Waals surface area contributed by atoms with Gasteiger partial charge < -0.3 is 5.32 Å². The van der Waals surface area contributed by atoms with Gasteiger partial charge in [-0.2, -0.15) is 0 Å².